The summed E-state index contributed by atoms with van der Waals surface area (Å²) in [5.41, 5.74) is 6.92. The third kappa shape index (κ3) is 3.75. The van der Waals surface area contributed by atoms with E-state index in [1.165, 1.54) is 16.8 Å². The first-order chi connectivity index (χ1) is 15.0. The van der Waals surface area contributed by atoms with Gasteiger partial charge in [0.1, 0.15) is 0 Å². The standard InChI is InChI=1S/C25H30N4O2/c1-15-3-8-18(9-4-15)27-25-28-23-20-12-5-16(2)26-21(20)13-14-22(23)29(25)19-10-6-17(7-11-19)24(30)31/h3-4,8-9,13-14,16-17,19,26H,5-7,10-12H2,1-2H3,(H,27,28)(H,30,31)/t16-,17?,19?/m0/s1. The molecular weight excluding hydrogens is 388 g/mol. The molecule has 1 aliphatic heterocycles. The fourth-order valence-corrected chi connectivity index (χ4v) is 5.11. The molecule has 2 aliphatic rings. The predicted molar refractivity (Wildman–Crippen MR) is 124 cm³/mol. The molecule has 1 saturated carbocycles. The fraction of sp³-hybridized carbons (Fsp3) is 0.440. The minimum absolute atomic E-state index is 0.224. The maximum absolute atomic E-state index is 11.4. The first-order valence-electron chi connectivity index (χ1n) is 11.4. The summed E-state index contributed by atoms with van der Waals surface area (Å²) in [7, 11) is 0. The molecule has 5 rings (SSSR count). The van der Waals surface area contributed by atoms with Crippen molar-refractivity contribution in [1.29, 1.82) is 0 Å². The number of nitrogens with one attached hydrogen (secondary N) is 2. The maximum atomic E-state index is 11.4. The van der Waals surface area contributed by atoms with Gasteiger partial charge in [0.2, 0.25) is 5.95 Å². The van der Waals surface area contributed by atoms with E-state index in [0.29, 0.717) is 18.9 Å². The van der Waals surface area contributed by atoms with Crippen molar-refractivity contribution >= 4 is 34.3 Å². The monoisotopic (exact) mass is 418 g/mol. The molecule has 3 N–H and O–H groups in total. The van der Waals surface area contributed by atoms with E-state index in [4.69, 9.17) is 4.98 Å². The number of hydrogen-bond acceptors (Lipinski definition) is 4. The lowest BCUT2D eigenvalue weighted by Gasteiger charge is -2.29. The van der Waals surface area contributed by atoms with Gasteiger partial charge in [-0.15, -0.1) is 0 Å². The van der Waals surface area contributed by atoms with Gasteiger partial charge in [0.15, 0.2) is 0 Å². The molecule has 0 bridgehead atoms. The molecule has 1 fully saturated rings. The van der Waals surface area contributed by atoms with E-state index < -0.39 is 5.97 Å². The highest BCUT2D eigenvalue weighted by Gasteiger charge is 2.30. The molecule has 0 spiro atoms. The molecule has 162 valence electrons. The number of aliphatic carboxylic acids is 1. The van der Waals surface area contributed by atoms with Crippen LogP contribution in [0, 0.1) is 12.8 Å². The van der Waals surface area contributed by atoms with Gasteiger partial charge >= 0.3 is 5.97 Å². The predicted octanol–water partition coefficient (Wildman–Crippen LogP) is 5.65. The molecule has 1 aliphatic carbocycles. The number of imidazole rings is 1. The molecule has 2 aromatic carbocycles. The number of carboxylic acids is 1. The molecule has 1 aromatic heterocycles. The number of anilines is 3. The third-order valence-electron chi connectivity index (χ3n) is 6.91. The van der Waals surface area contributed by atoms with Gasteiger partial charge in [0.05, 0.1) is 17.0 Å². The summed E-state index contributed by atoms with van der Waals surface area (Å²) in [5, 5.41) is 16.6. The van der Waals surface area contributed by atoms with Crippen LogP contribution in [0.1, 0.15) is 56.2 Å². The van der Waals surface area contributed by atoms with Gasteiger partial charge in [0.25, 0.3) is 0 Å². The molecular formula is C25H30N4O2. The van der Waals surface area contributed by atoms with Crippen LogP contribution in [0.3, 0.4) is 0 Å². The second-order valence-corrected chi connectivity index (χ2v) is 9.18. The fourth-order valence-electron chi connectivity index (χ4n) is 5.11. The van der Waals surface area contributed by atoms with Crippen LogP contribution in [-0.2, 0) is 11.2 Å². The highest BCUT2D eigenvalue weighted by Crippen LogP contribution is 2.40. The SMILES string of the molecule is Cc1ccc(Nc2nc3c4c(ccc3n2C2CCC(C(=O)O)CC2)N[C@@H](C)CC4)cc1. The molecule has 0 amide bonds. The Kier molecular flexibility index (Phi) is 5.08. The summed E-state index contributed by atoms with van der Waals surface area (Å²) in [6, 6.07) is 13.4. The number of aryl methyl sites for hydroxylation is 2. The normalized spacial score (nSPS) is 23.2. The van der Waals surface area contributed by atoms with Crippen molar-refractivity contribution in [2.75, 3.05) is 10.6 Å². The number of fused-ring (bicyclic) bond motifs is 3. The Hall–Kier alpha value is -3.02. The summed E-state index contributed by atoms with van der Waals surface area (Å²) in [4.78, 5) is 16.5. The van der Waals surface area contributed by atoms with E-state index in [-0.39, 0.29) is 12.0 Å². The molecule has 2 heterocycles. The van der Waals surface area contributed by atoms with E-state index in [2.05, 4.69) is 65.4 Å². The number of benzene rings is 2. The van der Waals surface area contributed by atoms with E-state index in [1.54, 1.807) is 0 Å². The van der Waals surface area contributed by atoms with E-state index in [1.807, 2.05) is 0 Å². The smallest absolute Gasteiger partial charge is 0.306 e. The van der Waals surface area contributed by atoms with Crippen molar-refractivity contribution in [3.63, 3.8) is 0 Å². The van der Waals surface area contributed by atoms with Crippen LogP contribution >= 0.6 is 0 Å². The van der Waals surface area contributed by atoms with Gasteiger partial charge in [0, 0.05) is 29.0 Å². The minimum atomic E-state index is -0.666. The zero-order valence-electron chi connectivity index (χ0n) is 18.2. The number of carbonyl (C=O) groups is 1. The maximum Gasteiger partial charge on any atom is 0.306 e. The summed E-state index contributed by atoms with van der Waals surface area (Å²) >= 11 is 0. The van der Waals surface area contributed by atoms with Crippen LogP contribution in [0.5, 0.6) is 0 Å². The Morgan fingerprint density at radius 1 is 1.10 bits per heavy atom. The van der Waals surface area contributed by atoms with E-state index in [0.717, 1.165) is 48.4 Å². The zero-order chi connectivity index (χ0) is 21.5. The number of aromatic nitrogens is 2. The first kappa shape index (κ1) is 19.9. The second kappa shape index (κ2) is 7.91. The summed E-state index contributed by atoms with van der Waals surface area (Å²) < 4.78 is 2.32. The summed E-state index contributed by atoms with van der Waals surface area (Å²) in [6.07, 6.45) is 5.27. The lowest BCUT2D eigenvalue weighted by Crippen LogP contribution is -2.24. The largest absolute Gasteiger partial charge is 0.481 e. The van der Waals surface area contributed by atoms with E-state index >= 15 is 0 Å². The zero-order valence-corrected chi connectivity index (χ0v) is 18.2. The topological polar surface area (TPSA) is 79.2 Å². The summed E-state index contributed by atoms with van der Waals surface area (Å²) in [5.74, 6) is -0.0381. The van der Waals surface area contributed by atoms with E-state index in [9.17, 15) is 9.90 Å². The molecule has 3 aromatic rings. The van der Waals surface area contributed by atoms with Crippen molar-refractivity contribution in [1.82, 2.24) is 9.55 Å². The van der Waals surface area contributed by atoms with Gasteiger partial charge < -0.3 is 20.3 Å². The van der Waals surface area contributed by atoms with Crippen LogP contribution in [0.25, 0.3) is 11.0 Å². The number of rotatable bonds is 4. The lowest BCUT2D eigenvalue weighted by atomic mass is 9.86. The molecule has 0 unspecified atom stereocenters. The first-order valence-corrected chi connectivity index (χ1v) is 11.4. The van der Waals surface area contributed by atoms with Crippen molar-refractivity contribution < 1.29 is 9.90 Å². The van der Waals surface area contributed by atoms with Crippen molar-refractivity contribution in [2.45, 2.75) is 64.5 Å². The Labute approximate surface area is 182 Å². The molecule has 0 saturated heterocycles. The Balaban J connectivity index is 1.57. The Morgan fingerprint density at radius 2 is 1.84 bits per heavy atom. The number of hydrogen-bond donors (Lipinski definition) is 3. The average Bonchev–Trinajstić information content (AvgIpc) is 3.13. The third-order valence-corrected chi connectivity index (χ3v) is 6.91. The van der Waals surface area contributed by atoms with Gasteiger partial charge in [-0.3, -0.25) is 4.79 Å². The molecule has 6 heteroatoms. The van der Waals surface area contributed by atoms with Crippen LogP contribution < -0.4 is 10.6 Å². The Bertz CT molecular complexity index is 1110. The molecule has 31 heavy (non-hydrogen) atoms. The minimum Gasteiger partial charge on any atom is -0.481 e. The van der Waals surface area contributed by atoms with Gasteiger partial charge in [-0.1, -0.05) is 17.7 Å². The lowest BCUT2D eigenvalue weighted by molar-refractivity contribution is -0.143. The highest BCUT2D eigenvalue weighted by atomic mass is 16.4. The van der Waals surface area contributed by atoms with Gasteiger partial charge in [-0.2, -0.15) is 0 Å². The molecule has 0 radical (unpaired) electrons. The van der Waals surface area contributed by atoms with Gasteiger partial charge in [-0.05, 0) is 76.6 Å². The summed E-state index contributed by atoms with van der Waals surface area (Å²) in [6.45, 7) is 4.30. The Morgan fingerprint density at radius 3 is 2.55 bits per heavy atom. The number of nitrogens with zero attached hydrogens (tertiary/aromatic N) is 2. The van der Waals surface area contributed by atoms with Crippen LogP contribution in [0.2, 0.25) is 0 Å². The second-order valence-electron chi connectivity index (χ2n) is 9.18. The molecule has 1 atom stereocenters. The van der Waals surface area contributed by atoms with Crippen LogP contribution in [-0.4, -0.2) is 26.7 Å². The van der Waals surface area contributed by atoms with Crippen molar-refractivity contribution in [3.8, 4) is 0 Å². The molecule has 6 nitrogen and oxygen atoms in total. The number of carboxylic acid groups (broad SMARTS) is 1. The van der Waals surface area contributed by atoms with Gasteiger partial charge in [-0.25, -0.2) is 4.98 Å². The van der Waals surface area contributed by atoms with Crippen LogP contribution in [0.4, 0.5) is 17.3 Å². The quantitative estimate of drug-likeness (QED) is 0.510. The van der Waals surface area contributed by atoms with Crippen molar-refractivity contribution in [3.05, 3.63) is 47.5 Å². The van der Waals surface area contributed by atoms with Crippen LogP contribution in [0.15, 0.2) is 36.4 Å². The highest BCUT2D eigenvalue weighted by molar-refractivity contribution is 5.88. The van der Waals surface area contributed by atoms with Crippen molar-refractivity contribution in [2.24, 2.45) is 5.92 Å². The average molecular weight is 419 g/mol.